The lowest BCUT2D eigenvalue weighted by atomic mass is 9.66. The number of hydrogen-bond acceptors (Lipinski definition) is 3. The predicted molar refractivity (Wildman–Crippen MR) is 62.0 cm³/mol. The van der Waals surface area contributed by atoms with Gasteiger partial charge in [0.05, 0.1) is 17.7 Å². The Labute approximate surface area is 96.3 Å². The molecule has 0 unspecified atom stereocenters. The second-order valence-corrected chi connectivity index (χ2v) is 5.81. The number of hydrazone groups is 1. The van der Waals surface area contributed by atoms with Crippen LogP contribution in [0.2, 0.25) is 0 Å². The van der Waals surface area contributed by atoms with Gasteiger partial charge in [-0.25, -0.2) is 5.01 Å². The SMILES string of the molecule is CC1=NN(CC(C)(C)CO)C(=O)C12CCC2. The van der Waals surface area contributed by atoms with Gasteiger partial charge in [0.15, 0.2) is 0 Å². The molecule has 90 valence electrons. The van der Waals surface area contributed by atoms with E-state index in [1.807, 2.05) is 20.8 Å². The third-order valence-corrected chi connectivity index (χ3v) is 3.82. The molecule has 4 heteroatoms. The van der Waals surface area contributed by atoms with E-state index in [1.165, 1.54) is 0 Å². The summed E-state index contributed by atoms with van der Waals surface area (Å²) in [5, 5.41) is 15.1. The summed E-state index contributed by atoms with van der Waals surface area (Å²) >= 11 is 0. The summed E-state index contributed by atoms with van der Waals surface area (Å²) < 4.78 is 0. The molecule has 16 heavy (non-hydrogen) atoms. The zero-order valence-corrected chi connectivity index (χ0v) is 10.3. The molecule has 1 saturated carbocycles. The molecule has 1 heterocycles. The predicted octanol–water partition coefficient (Wildman–Crippen LogP) is 1.39. The maximum Gasteiger partial charge on any atom is 0.254 e. The Morgan fingerprint density at radius 3 is 2.50 bits per heavy atom. The van der Waals surface area contributed by atoms with Crippen LogP contribution in [-0.2, 0) is 4.79 Å². The molecule has 0 atom stereocenters. The lowest BCUT2D eigenvalue weighted by Crippen LogP contribution is -2.46. The molecule has 2 rings (SSSR count). The highest BCUT2D eigenvalue weighted by Gasteiger charge is 2.53. The van der Waals surface area contributed by atoms with Crippen LogP contribution in [0.15, 0.2) is 5.10 Å². The van der Waals surface area contributed by atoms with E-state index < -0.39 is 0 Å². The van der Waals surface area contributed by atoms with Crippen molar-refractivity contribution in [1.29, 1.82) is 0 Å². The molecule has 1 N–H and O–H groups in total. The number of amides is 1. The Morgan fingerprint density at radius 1 is 1.50 bits per heavy atom. The van der Waals surface area contributed by atoms with Gasteiger partial charge in [-0.1, -0.05) is 20.3 Å². The van der Waals surface area contributed by atoms with Crippen LogP contribution >= 0.6 is 0 Å². The van der Waals surface area contributed by atoms with E-state index in [2.05, 4.69) is 5.10 Å². The van der Waals surface area contributed by atoms with Crippen molar-refractivity contribution in [3.8, 4) is 0 Å². The lowest BCUT2D eigenvalue weighted by Gasteiger charge is -2.37. The van der Waals surface area contributed by atoms with E-state index in [1.54, 1.807) is 5.01 Å². The standard InChI is InChI=1S/C12H20N2O2/c1-9-12(5-4-6-12)10(16)14(13-9)7-11(2,3)8-15/h15H,4-8H2,1-3H3. The minimum atomic E-state index is -0.283. The first-order chi connectivity index (χ1) is 7.41. The summed E-state index contributed by atoms with van der Waals surface area (Å²) in [4.78, 5) is 12.2. The van der Waals surface area contributed by atoms with Crippen LogP contribution in [0.5, 0.6) is 0 Å². The molecule has 4 nitrogen and oxygen atoms in total. The molecule has 2 aliphatic rings. The van der Waals surface area contributed by atoms with Crippen LogP contribution < -0.4 is 0 Å². The molecule has 1 aliphatic carbocycles. The number of rotatable bonds is 3. The van der Waals surface area contributed by atoms with Gasteiger partial charge in [-0.05, 0) is 19.8 Å². The Bertz CT molecular complexity index is 343. The minimum absolute atomic E-state index is 0.0678. The molecule has 1 amide bonds. The molecule has 0 aromatic carbocycles. The zero-order valence-electron chi connectivity index (χ0n) is 10.3. The molecular weight excluding hydrogens is 204 g/mol. The molecule has 1 spiro atoms. The summed E-state index contributed by atoms with van der Waals surface area (Å²) in [6.07, 6.45) is 3.00. The highest BCUT2D eigenvalue weighted by molar-refractivity contribution is 6.11. The molecule has 1 fully saturated rings. The van der Waals surface area contributed by atoms with Gasteiger partial charge in [-0.2, -0.15) is 5.10 Å². The van der Waals surface area contributed by atoms with E-state index >= 15 is 0 Å². The summed E-state index contributed by atoms with van der Waals surface area (Å²) in [7, 11) is 0. The van der Waals surface area contributed by atoms with E-state index in [0.29, 0.717) is 6.54 Å². The van der Waals surface area contributed by atoms with Gasteiger partial charge < -0.3 is 5.11 Å². The summed E-state index contributed by atoms with van der Waals surface area (Å²) in [5.41, 5.74) is 0.401. The first-order valence-electron chi connectivity index (χ1n) is 5.90. The third kappa shape index (κ3) is 1.56. The maximum atomic E-state index is 12.2. The summed E-state index contributed by atoms with van der Waals surface area (Å²) in [5.74, 6) is 0.137. The molecule has 1 aliphatic heterocycles. The van der Waals surface area contributed by atoms with E-state index in [0.717, 1.165) is 25.0 Å². The average Bonchev–Trinajstić information content (AvgIpc) is 2.37. The van der Waals surface area contributed by atoms with Crippen LogP contribution in [0.25, 0.3) is 0 Å². The van der Waals surface area contributed by atoms with Crippen LogP contribution in [0.4, 0.5) is 0 Å². The van der Waals surface area contributed by atoms with Crippen molar-refractivity contribution >= 4 is 11.6 Å². The molecule has 0 aromatic rings. The molecule has 0 bridgehead atoms. The van der Waals surface area contributed by atoms with Crippen LogP contribution in [-0.4, -0.2) is 34.9 Å². The van der Waals surface area contributed by atoms with Gasteiger partial charge >= 0.3 is 0 Å². The smallest absolute Gasteiger partial charge is 0.254 e. The van der Waals surface area contributed by atoms with Gasteiger partial charge in [-0.15, -0.1) is 0 Å². The Morgan fingerprint density at radius 2 is 2.12 bits per heavy atom. The second kappa shape index (κ2) is 3.55. The summed E-state index contributed by atoms with van der Waals surface area (Å²) in [6.45, 7) is 6.40. The fourth-order valence-electron chi connectivity index (χ4n) is 2.39. The topological polar surface area (TPSA) is 52.9 Å². The Kier molecular flexibility index (Phi) is 2.57. The van der Waals surface area contributed by atoms with E-state index in [4.69, 9.17) is 0 Å². The number of aliphatic hydroxyl groups is 1. The third-order valence-electron chi connectivity index (χ3n) is 3.82. The van der Waals surface area contributed by atoms with Crippen LogP contribution in [0.1, 0.15) is 40.0 Å². The molecule has 0 aromatic heterocycles. The van der Waals surface area contributed by atoms with Crippen LogP contribution in [0, 0.1) is 10.8 Å². The second-order valence-electron chi connectivity index (χ2n) is 5.81. The highest BCUT2D eigenvalue weighted by Crippen LogP contribution is 2.47. The largest absolute Gasteiger partial charge is 0.396 e. The number of nitrogens with zero attached hydrogens (tertiary/aromatic N) is 2. The fourth-order valence-corrected chi connectivity index (χ4v) is 2.39. The van der Waals surface area contributed by atoms with E-state index in [-0.39, 0.29) is 23.3 Å². The monoisotopic (exact) mass is 224 g/mol. The van der Waals surface area contributed by atoms with Crippen molar-refractivity contribution in [3.63, 3.8) is 0 Å². The normalized spacial score (nSPS) is 23.6. The van der Waals surface area contributed by atoms with Crippen molar-refractivity contribution in [2.24, 2.45) is 15.9 Å². The number of aliphatic hydroxyl groups excluding tert-OH is 1. The van der Waals surface area contributed by atoms with Crippen molar-refractivity contribution in [2.75, 3.05) is 13.2 Å². The van der Waals surface area contributed by atoms with Gasteiger partial charge in [0, 0.05) is 12.0 Å². The van der Waals surface area contributed by atoms with Crippen molar-refractivity contribution in [3.05, 3.63) is 0 Å². The lowest BCUT2D eigenvalue weighted by molar-refractivity contribution is -0.141. The maximum absolute atomic E-state index is 12.2. The van der Waals surface area contributed by atoms with Crippen molar-refractivity contribution in [1.82, 2.24) is 5.01 Å². The van der Waals surface area contributed by atoms with Crippen molar-refractivity contribution < 1.29 is 9.90 Å². The number of carbonyl (C=O) groups excluding carboxylic acids is 1. The van der Waals surface area contributed by atoms with Gasteiger partial charge in [-0.3, -0.25) is 4.79 Å². The van der Waals surface area contributed by atoms with Gasteiger partial charge in [0.1, 0.15) is 0 Å². The van der Waals surface area contributed by atoms with E-state index in [9.17, 15) is 9.90 Å². The fraction of sp³-hybridized carbons (Fsp3) is 0.833. The first kappa shape index (κ1) is 11.6. The first-order valence-corrected chi connectivity index (χ1v) is 5.90. The molecule has 0 radical (unpaired) electrons. The Hall–Kier alpha value is -0.900. The average molecular weight is 224 g/mol. The number of carbonyl (C=O) groups is 1. The Balaban J connectivity index is 2.12. The van der Waals surface area contributed by atoms with Gasteiger partial charge in [0.25, 0.3) is 5.91 Å². The minimum Gasteiger partial charge on any atom is -0.396 e. The highest BCUT2D eigenvalue weighted by atomic mass is 16.3. The zero-order chi connectivity index (χ0) is 12.0. The van der Waals surface area contributed by atoms with Crippen molar-refractivity contribution in [2.45, 2.75) is 40.0 Å². The van der Waals surface area contributed by atoms with Gasteiger partial charge in [0.2, 0.25) is 0 Å². The molecule has 0 saturated heterocycles. The van der Waals surface area contributed by atoms with Crippen LogP contribution in [0.3, 0.4) is 0 Å². The quantitative estimate of drug-likeness (QED) is 0.787. The number of hydrogen-bond donors (Lipinski definition) is 1. The molecular formula is C12H20N2O2. The summed E-state index contributed by atoms with van der Waals surface area (Å²) in [6, 6.07) is 0.